The van der Waals surface area contributed by atoms with Crippen molar-refractivity contribution in [2.45, 2.75) is 19.4 Å². The number of ether oxygens (including phenoxy) is 1. The topological polar surface area (TPSA) is 69.4 Å². The zero-order valence-corrected chi connectivity index (χ0v) is 12.6. The first-order chi connectivity index (χ1) is 11.0. The van der Waals surface area contributed by atoms with Crippen molar-refractivity contribution >= 4 is 11.7 Å². The molecule has 0 spiro atoms. The molecule has 23 heavy (non-hydrogen) atoms. The lowest BCUT2D eigenvalue weighted by molar-refractivity contribution is -0.385. The minimum atomic E-state index is -0.731. The zero-order chi connectivity index (χ0) is 16.8. The molecule has 1 atom stereocenters. The van der Waals surface area contributed by atoms with Gasteiger partial charge in [0.05, 0.1) is 10.5 Å². The number of terminal acetylenes is 1. The van der Waals surface area contributed by atoms with Crippen molar-refractivity contribution in [1.82, 2.24) is 0 Å². The average Bonchev–Trinajstić information content (AvgIpc) is 2.55. The monoisotopic (exact) mass is 309 g/mol. The Morgan fingerprint density at radius 1 is 1.30 bits per heavy atom. The fraction of sp³-hybridized carbons (Fsp3) is 0.167. The number of aryl methyl sites for hydroxylation is 1. The largest absolute Gasteiger partial charge is 0.445 e. The predicted octanol–water partition coefficient (Wildman–Crippen LogP) is 3.30. The SMILES string of the molecule is C#C[C@@H](Cc1ccccc1)OC(=O)c1ccc(C)c([N+](=O)[O-])c1. The van der Waals surface area contributed by atoms with Crippen molar-refractivity contribution in [2.75, 3.05) is 0 Å². The lowest BCUT2D eigenvalue weighted by atomic mass is 10.1. The number of carbonyl (C=O) groups excluding carboxylic acids is 1. The van der Waals surface area contributed by atoms with Crippen LogP contribution in [0.3, 0.4) is 0 Å². The Kier molecular flexibility index (Phi) is 5.11. The van der Waals surface area contributed by atoms with E-state index in [1.54, 1.807) is 6.92 Å². The number of nitrogens with zero attached hydrogens (tertiary/aromatic N) is 1. The molecule has 0 fully saturated rings. The molecular formula is C18H15NO4. The minimum Gasteiger partial charge on any atom is -0.445 e. The van der Waals surface area contributed by atoms with Crippen LogP contribution < -0.4 is 0 Å². The second-order valence-corrected chi connectivity index (χ2v) is 5.01. The Hall–Kier alpha value is -3.13. The van der Waals surface area contributed by atoms with Crippen molar-refractivity contribution in [1.29, 1.82) is 0 Å². The van der Waals surface area contributed by atoms with E-state index in [0.717, 1.165) is 5.56 Å². The average molecular weight is 309 g/mol. The van der Waals surface area contributed by atoms with Gasteiger partial charge in [-0.1, -0.05) is 42.3 Å². The van der Waals surface area contributed by atoms with Crippen molar-refractivity contribution < 1.29 is 14.5 Å². The molecule has 0 saturated heterocycles. The first-order valence-electron chi connectivity index (χ1n) is 6.97. The van der Waals surface area contributed by atoms with Gasteiger partial charge in [0.25, 0.3) is 5.69 Å². The summed E-state index contributed by atoms with van der Waals surface area (Å²) in [5.74, 6) is 1.75. The molecule has 0 aliphatic carbocycles. The van der Waals surface area contributed by atoms with Crippen LogP contribution in [0.5, 0.6) is 0 Å². The normalized spacial score (nSPS) is 11.3. The number of nitro groups is 1. The summed E-state index contributed by atoms with van der Waals surface area (Å²) in [7, 11) is 0. The number of nitro benzene ring substituents is 1. The Morgan fingerprint density at radius 3 is 2.61 bits per heavy atom. The quantitative estimate of drug-likeness (QED) is 0.368. The number of esters is 1. The highest BCUT2D eigenvalue weighted by Crippen LogP contribution is 2.20. The van der Waals surface area contributed by atoms with Gasteiger partial charge in [0.1, 0.15) is 0 Å². The van der Waals surface area contributed by atoms with Crippen LogP contribution in [0.1, 0.15) is 21.5 Å². The Labute approximate surface area is 134 Å². The molecule has 0 aliphatic heterocycles. The van der Waals surface area contributed by atoms with Gasteiger partial charge >= 0.3 is 5.97 Å². The predicted molar refractivity (Wildman–Crippen MR) is 86.0 cm³/mol. The molecule has 0 bridgehead atoms. The van der Waals surface area contributed by atoms with Gasteiger partial charge in [-0.05, 0) is 18.6 Å². The molecule has 0 aliphatic rings. The first kappa shape index (κ1) is 16.2. The van der Waals surface area contributed by atoms with Gasteiger partial charge in [0.15, 0.2) is 6.10 Å². The third-order valence-corrected chi connectivity index (χ3v) is 3.34. The Balaban J connectivity index is 2.13. The molecule has 0 radical (unpaired) electrons. The van der Waals surface area contributed by atoms with E-state index in [4.69, 9.17) is 11.2 Å². The number of rotatable bonds is 5. The number of benzene rings is 2. The van der Waals surface area contributed by atoms with Crippen LogP contribution in [0.2, 0.25) is 0 Å². The van der Waals surface area contributed by atoms with Gasteiger partial charge in [-0.2, -0.15) is 0 Å². The number of hydrogen-bond acceptors (Lipinski definition) is 4. The van der Waals surface area contributed by atoms with E-state index in [-0.39, 0.29) is 11.3 Å². The third kappa shape index (κ3) is 4.17. The maximum Gasteiger partial charge on any atom is 0.339 e. The standard InChI is InChI=1S/C18H15NO4/c1-3-16(11-14-7-5-4-6-8-14)23-18(20)15-10-9-13(2)17(12-15)19(21)22/h1,4-10,12,16H,11H2,2H3/t16-/m0/s1. The second kappa shape index (κ2) is 7.23. The maximum absolute atomic E-state index is 12.1. The molecule has 0 amide bonds. The molecule has 5 heteroatoms. The summed E-state index contributed by atoms with van der Waals surface area (Å²) in [5.41, 5.74) is 1.40. The molecule has 5 nitrogen and oxygen atoms in total. The van der Waals surface area contributed by atoms with Gasteiger partial charge in [0, 0.05) is 18.1 Å². The molecule has 0 heterocycles. The van der Waals surface area contributed by atoms with Crippen LogP contribution >= 0.6 is 0 Å². The maximum atomic E-state index is 12.1. The summed E-state index contributed by atoms with van der Waals surface area (Å²) in [4.78, 5) is 22.6. The van der Waals surface area contributed by atoms with Crippen LogP contribution in [-0.2, 0) is 11.2 Å². The molecular weight excluding hydrogens is 294 g/mol. The van der Waals surface area contributed by atoms with E-state index in [9.17, 15) is 14.9 Å². The van der Waals surface area contributed by atoms with Crippen LogP contribution in [0, 0.1) is 29.4 Å². The molecule has 0 aromatic heterocycles. The van der Waals surface area contributed by atoms with Crippen LogP contribution in [0.15, 0.2) is 48.5 Å². The fourth-order valence-electron chi connectivity index (χ4n) is 2.09. The van der Waals surface area contributed by atoms with Crippen LogP contribution in [0.4, 0.5) is 5.69 Å². The van der Waals surface area contributed by atoms with E-state index in [1.807, 2.05) is 30.3 Å². The lowest BCUT2D eigenvalue weighted by Gasteiger charge is -2.12. The molecule has 116 valence electrons. The lowest BCUT2D eigenvalue weighted by Crippen LogP contribution is -2.19. The van der Waals surface area contributed by atoms with Gasteiger partial charge in [0.2, 0.25) is 0 Å². The number of hydrogen-bond donors (Lipinski definition) is 0. The Bertz CT molecular complexity index is 762. The summed E-state index contributed by atoms with van der Waals surface area (Å²) in [6, 6.07) is 13.6. The van der Waals surface area contributed by atoms with Gasteiger partial charge in [-0.15, -0.1) is 6.42 Å². The highest BCUT2D eigenvalue weighted by atomic mass is 16.6. The number of carbonyl (C=O) groups is 1. The first-order valence-corrected chi connectivity index (χ1v) is 6.97. The van der Waals surface area contributed by atoms with Crippen molar-refractivity contribution in [3.63, 3.8) is 0 Å². The highest BCUT2D eigenvalue weighted by molar-refractivity contribution is 5.90. The third-order valence-electron chi connectivity index (χ3n) is 3.34. The van der Waals surface area contributed by atoms with Crippen molar-refractivity contribution in [2.24, 2.45) is 0 Å². The molecule has 2 rings (SSSR count). The Morgan fingerprint density at radius 2 is 2.00 bits per heavy atom. The van der Waals surface area contributed by atoms with E-state index in [2.05, 4.69) is 5.92 Å². The smallest absolute Gasteiger partial charge is 0.339 e. The summed E-state index contributed by atoms with van der Waals surface area (Å²) < 4.78 is 5.27. The van der Waals surface area contributed by atoms with E-state index >= 15 is 0 Å². The zero-order valence-electron chi connectivity index (χ0n) is 12.6. The minimum absolute atomic E-state index is 0.107. The van der Waals surface area contributed by atoms with Gasteiger partial charge in [-0.3, -0.25) is 10.1 Å². The fourth-order valence-corrected chi connectivity index (χ4v) is 2.09. The van der Waals surface area contributed by atoms with Crippen LogP contribution in [-0.4, -0.2) is 17.0 Å². The summed E-state index contributed by atoms with van der Waals surface area (Å²) in [6.07, 6.45) is 5.07. The van der Waals surface area contributed by atoms with Crippen LogP contribution in [0.25, 0.3) is 0 Å². The second-order valence-electron chi connectivity index (χ2n) is 5.01. The van der Waals surface area contributed by atoms with E-state index in [1.165, 1.54) is 18.2 Å². The van der Waals surface area contributed by atoms with E-state index in [0.29, 0.717) is 12.0 Å². The summed E-state index contributed by atoms with van der Waals surface area (Å²) in [5, 5.41) is 10.9. The van der Waals surface area contributed by atoms with Crippen molar-refractivity contribution in [3.05, 3.63) is 75.3 Å². The molecule has 0 unspecified atom stereocenters. The highest BCUT2D eigenvalue weighted by Gasteiger charge is 2.18. The van der Waals surface area contributed by atoms with Gasteiger partial charge in [-0.25, -0.2) is 4.79 Å². The van der Waals surface area contributed by atoms with Crippen molar-refractivity contribution in [3.8, 4) is 12.3 Å². The van der Waals surface area contributed by atoms with Gasteiger partial charge < -0.3 is 4.74 Å². The molecule has 2 aromatic rings. The van der Waals surface area contributed by atoms with E-state index < -0.39 is 17.0 Å². The molecule has 0 saturated carbocycles. The molecule has 2 aromatic carbocycles. The summed E-state index contributed by atoms with van der Waals surface area (Å²) >= 11 is 0. The summed E-state index contributed by atoms with van der Waals surface area (Å²) in [6.45, 7) is 1.60. The molecule has 0 N–H and O–H groups in total.